The predicted molar refractivity (Wildman–Crippen MR) is 82.7 cm³/mol. The van der Waals surface area contributed by atoms with Gasteiger partial charge in [-0.05, 0) is 38.5 Å². The van der Waals surface area contributed by atoms with Crippen LogP contribution in [0.4, 0.5) is 0 Å². The molecule has 1 aliphatic rings. The van der Waals surface area contributed by atoms with Crippen molar-refractivity contribution in [3.63, 3.8) is 0 Å². The van der Waals surface area contributed by atoms with Gasteiger partial charge in [0.2, 0.25) is 0 Å². The van der Waals surface area contributed by atoms with Crippen molar-refractivity contribution >= 4 is 23.1 Å². The van der Waals surface area contributed by atoms with Crippen molar-refractivity contribution in [2.45, 2.75) is 57.7 Å². The molecule has 0 bridgehead atoms. The molecular weight excluding hydrogens is 260 g/mol. The van der Waals surface area contributed by atoms with E-state index < -0.39 is 0 Å². The summed E-state index contributed by atoms with van der Waals surface area (Å²) in [5.41, 5.74) is 1.42. The lowest BCUT2D eigenvalue weighted by Crippen LogP contribution is -2.47. The molecule has 1 aromatic rings. The van der Waals surface area contributed by atoms with Crippen LogP contribution in [0.25, 0.3) is 0 Å². The highest BCUT2D eigenvalue weighted by molar-refractivity contribution is 8.00. The molecule has 1 saturated heterocycles. The van der Waals surface area contributed by atoms with Gasteiger partial charge in [0.1, 0.15) is 5.01 Å². The summed E-state index contributed by atoms with van der Waals surface area (Å²) in [6, 6.07) is 0. The van der Waals surface area contributed by atoms with Crippen LogP contribution in [0.3, 0.4) is 0 Å². The van der Waals surface area contributed by atoms with Crippen LogP contribution in [-0.4, -0.2) is 22.5 Å². The number of hydrogen-bond acceptors (Lipinski definition) is 4. The maximum absolute atomic E-state index is 4.93. The van der Waals surface area contributed by atoms with Gasteiger partial charge < -0.3 is 5.32 Å². The molecule has 2 atom stereocenters. The fourth-order valence-electron chi connectivity index (χ4n) is 2.63. The van der Waals surface area contributed by atoms with Gasteiger partial charge in [-0.3, -0.25) is 0 Å². The normalized spacial score (nSPS) is 27.9. The zero-order chi connectivity index (χ0) is 13.2. The number of rotatable bonds is 5. The molecule has 0 saturated carbocycles. The Hall–Kier alpha value is -0.0600. The minimum atomic E-state index is 0.128. The minimum Gasteiger partial charge on any atom is -0.304 e. The first-order valence-corrected chi connectivity index (χ1v) is 8.84. The Bertz CT molecular complexity index is 402. The summed E-state index contributed by atoms with van der Waals surface area (Å²) in [4.78, 5) is 6.33. The number of thiazole rings is 1. The van der Waals surface area contributed by atoms with E-state index >= 15 is 0 Å². The zero-order valence-electron chi connectivity index (χ0n) is 11.9. The van der Waals surface area contributed by atoms with Gasteiger partial charge in [-0.1, -0.05) is 20.8 Å². The number of nitrogens with zero attached hydrogens (tertiary/aromatic N) is 1. The maximum Gasteiger partial charge on any atom is 0.114 e. The SMILES string of the molecule is CCCNC1(c2nc(CC)c(C)s2)CCSC1C. The zero-order valence-corrected chi connectivity index (χ0v) is 13.5. The number of aromatic nitrogens is 1. The van der Waals surface area contributed by atoms with Crippen LogP contribution >= 0.6 is 23.1 Å². The Morgan fingerprint density at radius 3 is 2.72 bits per heavy atom. The van der Waals surface area contributed by atoms with Crippen molar-refractivity contribution in [2.75, 3.05) is 12.3 Å². The molecule has 1 aliphatic heterocycles. The van der Waals surface area contributed by atoms with E-state index in [1.165, 1.54) is 34.2 Å². The van der Waals surface area contributed by atoms with Crippen molar-refractivity contribution in [3.8, 4) is 0 Å². The highest BCUT2D eigenvalue weighted by Gasteiger charge is 2.44. The van der Waals surface area contributed by atoms with Crippen LogP contribution < -0.4 is 5.32 Å². The van der Waals surface area contributed by atoms with Gasteiger partial charge in [0, 0.05) is 10.1 Å². The van der Waals surface area contributed by atoms with E-state index in [1.54, 1.807) is 0 Å². The molecule has 102 valence electrons. The predicted octanol–water partition coefficient (Wildman–Crippen LogP) is 3.73. The van der Waals surface area contributed by atoms with Crippen LogP contribution in [0.5, 0.6) is 0 Å². The lowest BCUT2D eigenvalue weighted by molar-refractivity contribution is 0.333. The van der Waals surface area contributed by atoms with Gasteiger partial charge in [-0.25, -0.2) is 4.98 Å². The third-order valence-electron chi connectivity index (χ3n) is 3.86. The largest absolute Gasteiger partial charge is 0.304 e. The van der Waals surface area contributed by atoms with Gasteiger partial charge in [-0.15, -0.1) is 11.3 Å². The van der Waals surface area contributed by atoms with Crippen LogP contribution in [0, 0.1) is 6.92 Å². The summed E-state index contributed by atoms with van der Waals surface area (Å²) in [5, 5.41) is 5.75. The second-order valence-electron chi connectivity index (χ2n) is 5.04. The Balaban J connectivity index is 2.33. The van der Waals surface area contributed by atoms with Crippen molar-refractivity contribution in [3.05, 3.63) is 15.6 Å². The van der Waals surface area contributed by atoms with Gasteiger partial charge in [-0.2, -0.15) is 11.8 Å². The summed E-state index contributed by atoms with van der Waals surface area (Å²) in [7, 11) is 0. The Kier molecular flexibility index (Phi) is 4.73. The van der Waals surface area contributed by atoms with Crippen LogP contribution in [0.15, 0.2) is 0 Å². The first-order valence-electron chi connectivity index (χ1n) is 6.97. The van der Waals surface area contributed by atoms with Gasteiger partial charge >= 0.3 is 0 Å². The van der Waals surface area contributed by atoms with E-state index in [0.29, 0.717) is 5.25 Å². The number of nitrogens with one attached hydrogen (secondary N) is 1. The fraction of sp³-hybridized carbons (Fsp3) is 0.786. The molecule has 0 aromatic carbocycles. The number of hydrogen-bond donors (Lipinski definition) is 1. The lowest BCUT2D eigenvalue weighted by atomic mass is 9.93. The first-order chi connectivity index (χ1) is 8.64. The van der Waals surface area contributed by atoms with Crippen LogP contribution in [0.2, 0.25) is 0 Å². The standard InChI is InChI=1S/C14H24N2S2/c1-5-8-15-14(7-9-17-11(14)4)13-16-12(6-2)10(3)18-13/h11,15H,5-9H2,1-4H3. The molecule has 2 nitrogen and oxygen atoms in total. The average Bonchev–Trinajstić information content (AvgIpc) is 2.91. The third kappa shape index (κ3) is 2.47. The number of aryl methyl sites for hydroxylation is 2. The van der Waals surface area contributed by atoms with E-state index in [9.17, 15) is 0 Å². The smallest absolute Gasteiger partial charge is 0.114 e. The van der Waals surface area contributed by atoms with Gasteiger partial charge in [0.15, 0.2) is 0 Å². The minimum absolute atomic E-state index is 0.128. The fourth-order valence-corrected chi connectivity index (χ4v) is 5.38. The van der Waals surface area contributed by atoms with Crippen molar-refractivity contribution < 1.29 is 0 Å². The molecule has 0 aliphatic carbocycles. The van der Waals surface area contributed by atoms with E-state index in [1.807, 2.05) is 11.3 Å². The molecule has 2 rings (SSSR count). The number of thioether (sulfide) groups is 1. The summed E-state index contributed by atoms with van der Waals surface area (Å²) in [6.45, 7) is 10.1. The second-order valence-corrected chi connectivity index (χ2v) is 7.69. The Morgan fingerprint density at radius 1 is 1.44 bits per heavy atom. The summed E-state index contributed by atoms with van der Waals surface area (Å²) in [5.74, 6) is 1.25. The molecular formula is C14H24N2S2. The molecule has 1 aromatic heterocycles. The monoisotopic (exact) mass is 284 g/mol. The van der Waals surface area contributed by atoms with Gasteiger partial charge in [0.25, 0.3) is 0 Å². The van der Waals surface area contributed by atoms with Gasteiger partial charge in [0.05, 0.1) is 11.2 Å². The molecule has 18 heavy (non-hydrogen) atoms. The quantitative estimate of drug-likeness (QED) is 0.891. The molecule has 0 radical (unpaired) electrons. The molecule has 1 fully saturated rings. The maximum atomic E-state index is 4.93. The highest BCUT2D eigenvalue weighted by Crippen LogP contribution is 2.44. The lowest BCUT2D eigenvalue weighted by Gasteiger charge is -2.32. The summed E-state index contributed by atoms with van der Waals surface area (Å²) in [6.07, 6.45) is 3.45. The molecule has 0 amide bonds. The molecule has 2 heterocycles. The van der Waals surface area contributed by atoms with E-state index in [-0.39, 0.29) is 5.54 Å². The Labute approximate surface area is 119 Å². The molecule has 0 spiro atoms. The van der Waals surface area contributed by atoms with Crippen LogP contribution in [0.1, 0.15) is 49.2 Å². The Morgan fingerprint density at radius 2 is 2.22 bits per heavy atom. The van der Waals surface area contributed by atoms with Crippen molar-refractivity contribution in [2.24, 2.45) is 0 Å². The molecule has 2 unspecified atom stereocenters. The summed E-state index contributed by atoms with van der Waals surface area (Å²) < 4.78 is 0. The second kappa shape index (κ2) is 5.93. The van der Waals surface area contributed by atoms with E-state index in [2.05, 4.69) is 44.8 Å². The van der Waals surface area contributed by atoms with E-state index in [0.717, 1.165) is 13.0 Å². The summed E-state index contributed by atoms with van der Waals surface area (Å²) >= 11 is 3.98. The topological polar surface area (TPSA) is 24.9 Å². The highest BCUT2D eigenvalue weighted by atomic mass is 32.2. The van der Waals surface area contributed by atoms with Crippen molar-refractivity contribution in [1.82, 2.24) is 10.3 Å². The molecule has 1 N–H and O–H groups in total. The molecule has 4 heteroatoms. The van der Waals surface area contributed by atoms with E-state index in [4.69, 9.17) is 4.98 Å². The third-order valence-corrected chi connectivity index (χ3v) is 6.39. The van der Waals surface area contributed by atoms with Crippen LogP contribution in [-0.2, 0) is 12.0 Å². The van der Waals surface area contributed by atoms with Crippen molar-refractivity contribution in [1.29, 1.82) is 0 Å². The average molecular weight is 284 g/mol. The first kappa shape index (κ1) is 14.4.